The van der Waals surface area contributed by atoms with Gasteiger partial charge in [-0.25, -0.2) is 4.79 Å². The Balaban J connectivity index is 1.57. The minimum Gasteiger partial charge on any atom is -0.324 e. The number of likely N-dealkylation sites (tertiary alicyclic amines) is 1. The SMILES string of the molecule is C[C@H]1CN(C)CC[C@H]1N(C)C(=O)Nc1cnn(Cc2ccccn2)c1. The number of aromatic nitrogens is 3. The van der Waals surface area contributed by atoms with Crippen LogP contribution in [0.25, 0.3) is 0 Å². The number of amides is 2. The van der Waals surface area contributed by atoms with Crippen LogP contribution < -0.4 is 5.32 Å². The van der Waals surface area contributed by atoms with Crippen molar-refractivity contribution in [3.63, 3.8) is 0 Å². The maximum absolute atomic E-state index is 12.6. The first-order valence-electron chi connectivity index (χ1n) is 8.67. The second kappa shape index (κ2) is 7.65. The maximum Gasteiger partial charge on any atom is 0.321 e. The van der Waals surface area contributed by atoms with Gasteiger partial charge in [-0.3, -0.25) is 9.67 Å². The lowest BCUT2D eigenvalue weighted by molar-refractivity contribution is 0.113. The van der Waals surface area contributed by atoms with Gasteiger partial charge in [0.1, 0.15) is 0 Å². The van der Waals surface area contributed by atoms with Crippen LogP contribution in [0.5, 0.6) is 0 Å². The van der Waals surface area contributed by atoms with E-state index >= 15 is 0 Å². The number of nitrogens with one attached hydrogen (secondary N) is 1. The largest absolute Gasteiger partial charge is 0.324 e. The smallest absolute Gasteiger partial charge is 0.321 e. The molecule has 0 unspecified atom stereocenters. The van der Waals surface area contributed by atoms with Gasteiger partial charge in [-0.1, -0.05) is 13.0 Å². The summed E-state index contributed by atoms with van der Waals surface area (Å²) >= 11 is 0. The number of urea groups is 1. The second-order valence-electron chi connectivity index (χ2n) is 6.88. The topological polar surface area (TPSA) is 66.3 Å². The van der Waals surface area contributed by atoms with Crippen LogP contribution in [0.15, 0.2) is 36.8 Å². The standard InChI is InChI=1S/C18H26N6O/c1-14-11-22(2)9-7-17(14)23(3)18(25)21-16-10-20-24(13-16)12-15-6-4-5-8-19-15/h4-6,8,10,13-14,17H,7,9,11-12H2,1-3H3,(H,21,25)/t14-,17+/m0/s1. The van der Waals surface area contributed by atoms with E-state index in [9.17, 15) is 4.79 Å². The summed E-state index contributed by atoms with van der Waals surface area (Å²) in [7, 11) is 4.00. The quantitative estimate of drug-likeness (QED) is 0.924. The van der Waals surface area contributed by atoms with Crippen LogP contribution in [-0.2, 0) is 6.54 Å². The molecule has 7 nitrogen and oxygen atoms in total. The Bertz CT molecular complexity index is 701. The molecule has 2 amide bonds. The van der Waals surface area contributed by atoms with E-state index in [0.29, 0.717) is 18.2 Å². The van der Waals surface area contributed by atoms with Gasteiger partial charge in [-0.2, -0.15) is 5.10 Å². The van der Waals surface area contributed by atoms with Crippen molar-refractivity contribution in [2.24, 2.45) is 5.92 Å². The van der Waals surface area contributed by atoms with Crippen LogP contribution in [0.1, 0.15) is 19.0 Å². The third-order valence-electron chi connectivity index (χ3n) is 4.82. The molecule has 1 N–H and O–H groups in total. The molecule has 2 aromatic rings. The summed E-state index contributed by atoms with van der Waals surface area (Å²) in [4.78, 5) is 21.0. The van der Waals surface area contributed by atoms with Gasteiger partial charge in [0.25, 0.3) is 0 Å². The van der Waals surface area contributed by atoms with Crippen LogP contribution in [0.2, 0.25) is 0 Å². The molecule has 1 aliphatic heterocycles. The first kappa shape index (κ1) is 17.4. The van der Waals surface area contributed by atoms with Gasteiger partial charge in [0, 0.05) is 32.0 Å². The van der Waals surface area contributed by atoms with Crippen molar-refractivity contribution in [3.05, 3.63) is 42.5 Å². The zero-order valence-corrected chi connectivity index (χ0v) is 15.1. The molecular weight excluding hydrogens is 316 g/mol. The molecule has 1 aliphatic rings. The Kier molecular flexibility index (Phi) is 5.33. The minimum absolute atomic E-state index is 0.0845. The van der Waals surface area contributed by atoms with Crippen molar-refractivity contribution in [3.8, 4) is 0 Å². The highest BCUT2D eigenvalue weighted by molar-refractivity contribution is 5.89. The molecule has 25 heavy (non-hydrogen) atoms. The van der Waals surface area contributed by atoms with Gasteiger partial charge in [-0.05, 0) is 38.1 Å². The van der Waals surface area contributed by atoms with Crippen LogP contribution in [0, 0.1) is 5.92 Å². The van der Waals surface area contributed by atoms with Crippen molar-refractivity contribution < 1.29 is 4.79 Å². The zero-order chi connectivity index (χ0) is 17.8. The summed E-state index contributed by atoms with van der Waals surface area (Å²) in [6, 6.07) is 5.97. The third-order valence-corrected chi connectivity index (χ3v) is 4.82. The molecular formula is C18H26N6O. The lowest BCUT2D eigenvalue weighted by atomic mass is 9.93. The fraction of sp³-hybridized carbons (Fsp3) is 0.500. The normalized spacial score (nSPS) is 21.1. The van der Waals surface area contributed by atoms with Gasteiger partial charge in [0.15, 0.2) is 0 Å². The molecule has 2 aromatic heterocycles. The molecule has 0 radical (unpaired) electrons. The van der Waals surface area contributed by atoms with Crippen LogP contribution in [-0.4, -0.2) is 63.8 Å². The fourth-order valence-electron chi connectivity index (χ4n) is 3.45. The molecule has 1 saturated heterocycles. The predicted octanol–water partition coefficient (Wildman–Crippen LogP) is 2.13. The number of hydrogen-bond acceptors (Lipinski definition) is 4. The van der Waals surface area contributed by atoms with E-state index in [2.05, 4.69) is 34.3 Å². The molecule has 7 heteroatoms. The molecule has 3 rings (SSSR count). The van der Waals surface area contributed by atoms with Gasteiger partial charge < -0.3 is 15.1 Å². The molecule has 0 saturated carbocycles. The zero-order valence-electron chi connectivity index (χ0n) is 15.1. The molecule has 0 aromatic carbocycles. The van der Waals surface area contributed by atoms with E-state index in [4.69, 9.17) is 0 Å². The van der Waals surface area contributed by atoms with E-state index in [1.54, 1.807) is 17.1 Å². The Morgan fingerprint density at radius 3 is 3.00 bits per heavy atom. The van der Waals surface area contributed by atoms with Gasteiger partial charge in [0.2, 0.25) is 0 Å². The Labute approximate surface area is 148 Å². The molecule has 0 bridgehead atoms. The second-order valence-corrected chi connectivity index (χ2v) is 6.88. The Hall–Kier alpha value is -2.41. The van der Waals surface area contributed by atoms with Crippen LogP contribution in [0.4, 0.5) is 10.5 Å². The average Bonchev–Trinajstić information content (AvgIpc) is 3.02. The first-order chi connectivity index (χ1) is 12.0. The van der Waals surface area contributed by atoms with Crippen molar-refractivity contribution in [2.75, 3.05) is 32.5 Å². The summed E-state index contributed by atoms with van der Waals surface area (Å²) in [5, 5.41) is 7.24. The number of pyridine rings is 1. The van der Waals surface area contributed by atoms with Crippen molar-refractivity contribution in [1.29, 1.82) is 0 Å². The third kappa shape index (κ3) is 4.36. The van der Waals surface area contributed by atoms with Crippen molar-refractivity contribution >= 4 is 11.7 Å². The molecule has 1 fully saturated rings. The monoisotopic (exact) mass is 342 g/mol. The summed E-state index contributed by atoms with van der Waals surface area (Å²) in [5.74, 6) is 0.460. The Morgan fingerprint density at radius 1 is 1.44 bits per heavy atom. The predicted molar refractivity (Wildman–Crippen MR) is 97.4 cm³/mol. The molecule has 0 spiro atoms. The minimum atomic E-state index is -0.0845. The first-order valence-corrected chi connectivity index (χ1v) is 8.67. The highest BCUT2D eigenvalue weighted by Crippen LogP contribution is 2.21. The van der Waals surface area contributed by atoms with E-state index in [1.165, 1.54) is 0 Å². The number of nitrogens with zero attached hydrogens (tertiary/aromatic N) is 5. The van der Waals surface area contributed by atoms with Crippen molar-refractivity contribution in [2.45, 2.75) is 25.9 Å². The molecule has 3 heterocycles. The molecule has 134 valence electrons. The van der Waals surface area contributed by atoms with Crippen LogP contribution >= 0.6 is 0 Å². The summed E-state index contributed by atoms with van der Waals surface area (Å²) in [5.41, 5.74) is 1.63. The van der Waals surface area contributed by atoms with E-state index in [-0.39, 0.29) is 12.1 Å². The number of rotatable bonds is 4. The van der Waals surface area contributed by atoms with Gasteiger partial charge in [0.05, 0.1) is 24.1 Å². The van der Waals surface area contributed by atoms with Gasteiger partial charge >= 0.3 is 6.03 Å². The summed E-state index contributed by atoms with van der Waals surface area (Å²) < 4.78 is 1.77. The fourth-order valence-corrected chi connectivity index (χ4v) is 3.45. The number of anilines is 1. The van der Waals surface area contributed by atoms with Crippen LogP contribution in [0.3, 0.4) is 0 Å². The lowest BCUT2D eigenvalue weighted by Gasteiger charge is -2.39. The molecule has 0 aliphatic carbocycles. The number of piperidine rings is 1. The average molecular weight is 342 g/mol. The number of hydrogen-bond donors (Lipinski definition) is 1. The van der Waals surface area contributed by atoms with Crippen molar-refractivity contribution in [1.82, 2.24) is 24.6 Å². The van der Waals surface area contributed by atoms with Gasteiger partial charge in [-0.15, -0.1) is 0 Å². The van der Waals surface area contributed by atoms with E-state index in [1.807, 2.05) is 36.3 Å². The maximum atomic E-state index is 12.6. The summed E-state index contributed by atoms with van der Waals surface area (Å²) in [6.07, 6.45) is 6.27. The Morgan fingerprint density at radius 2 is 2.28 bits per heavy atom. The lowest BCUT2D eigenvalue weighted by Crippen LogP contribution is -2.50. The van der Waals surface area contributed by atoms with E-state index < -0.39 is 0 Å². The summed E-state index contributed by atoms with van der Waals surface area (Å²) in [6.45, 7) is 4.83. The highest BCUT2D eigenvalue weighted by atomic mass is 16.2. The number of carbonyl (C=O) groups excluding carboxylic acids is 1. The number of carbonyl (C=O) groups is 1. The van der Waals surface area contributed by atoms with E-state index in [0.717, 1.165) is 25.2 Å². The molecule has 2 atom stereocenters. The highest BCUT2D eigenvalue weighted by Gasteiger charge is 2.30.